The molecule has 20 heavy (non-hydrogen) atoms. The van der Waals surface area contributed by atoms with Gasteiger partial charge >= 0.3 is 0 Å². The van der Waals surface area contributed by atoms with E-state index in [4.69, 9.17) is 0 Å². The van der Waals surface area contributed by atoms with Crippen molar-refractivity contribution >= 4 is 27.7 Å². The minimum atomic E-state index is -0.467. The van der Waals surface area contributed by atoms with Crippen LogP contribution in [0.15, 0.2) is 32.7 Å². The molecule has 0 bridgehead atoms. The highest BCUT2D eigenvalue weighted by atomic mass is 79.9. The first-order chi connectivity index (χ1) is 9.38. The highest BCUT2D eigenvalue weighted by Gasteiger charge is 2.10. The molecule has 0 amide bonds. The summed E-state index contributed by atoms with van der Waals surface area (Å²) in [6.07, 6.45) is -0.467. The quantitative estimate of drug-likeness (QED) is 0.833. The standard InChI is InChI=1S/C15H17BrN2OS/c1-8-9(2)17-15(18-10(8)3)20-14-6-5-12(11(4)19)7-13(14)16/h5-7,11,19H,1-4H3/t11-/m1/s1. The number of benzene rings is 1. The van der Waals surface area contributed by atoms with E-state index in [-0.39, 0.29) is 0 Å². The number of aryl methyl sites for hydroxylation is 2. The van der Waals surface area contributed by atoms with E-state index in [1.807, 2.05) is 39.0 Å². The number of aliphatic hydroxyl groups excluding tert-OH is 1. The van der Waals surface area contributed by atoms with E-state index in [9.17, 15) is 5.11 Å². The van der Waals surface area contributed by atoms with Gasteiger partial charge in [-0.25, -0.2) is 9.97 Å². The van der Waals surface area contributed by atoms with Crippen molar-refractivity contribution in [1.29, 1.82) is 0 Å². The van der Waals surface area contributed by atoms with Crippen molar-refractivity contribution in [2.75, 3.05) is 0 Å². The molecule has 0 aliphatic rings. The van der Waals surface area contributed by atoms with Gasteiger partial charge in [0.25, 0.3) is 0 Å². The second-order valence-electron chi connectivity index (χ2n) is 4.77. The molecule has 0 aliphatic carbocycles. The van der Waals surface area contributed by atoms with Gasteiger partial charge in [-0.2, -0.15) is 0 Å². The van der Waals surface area contributed by atoms with Crippen LogP contribution < -0.4 is 0 Å². The Labute approximate surface area is 132 Å². The first kappa shape index (κ1) is 15.5. The minimum absolute atomic E-state index is 0.467. The Morgan fingerprint density at radius 1 is 1.15 bits per heavy atom. The number of aromatic nitrogens is 2. The number of hydrogen-bond donors (Lipinski definition) is 1. The highest BCUT2D eigenvalue weighted by molar-refractivity contribution is 9.10. The van der Waals surface area contributed by atoms with Gasteiger partial charge in [-0.1, -0.05) is 6.07 Å². The molecule has 2 rings (SSSR count). The van der Waals surface area contributed by atoms with Gasteiger partial charge in [0.05, 0.1) is 6.10 Å². The summed E-state index contributed by atoms with van der Waals surface area (Å²) in [6, 6.07) is 5.83. The van der Waals surface area contributed by atoms with Gasteiger partial charge in [0.15, 0.2) is 5.16 Å². The molecule has 0 fully saturated rings. The number of nitrogens with zero attached hydrogens (tertiary/aromatic N) is 2. The maximum Gasteiger partial charge on any atom is 0.192 e. The molecule has 106 valence electrons. The lowest BCUT2D eigenvalue weighted by Crippen LogP contribution is -1.98. The summed E-state index contributed by atoms with van der Waals surface area (Å²) in [5.74, 6) is 0. The molecule has 3 nitrogen and oxygen atoms in total. The van der Waals surface area contributed by atoms with Crippen LogP contribution in [0.2, 0.25) is 0 Å². The molecule has 1 N–H and O–H groups in total. The minimum Gasteiger partial charge on any atom is -0.389 e. The zero-order valence-electron chi connectivity index (χ0n) is 11.9. The van der Waals surface area contributed by atoms with E-state index in [1.54, 1.807) is 6.92 Å². The molecule has 1 heterocycles. The third-order valence-electron chi connectivity index (χ3n) is 3.25. The van der Waals surface area contributed by atoms with Gasteiger partial charge in [-0.3, -0.25) is 0 Å². The SMILES string of the molecule is Cc1nc(Sc2ccc([C@@H](C)O)cc2Br)nc(C)c1C. The molecule has 0 saturated heterocycles. The third kappa shape index (κ3) is 3.40. The molecule has 5 heteroatoms. The lowest BCUT2D eigenvalue weighted by atomic mass is 10.1. The van der Waals surface area contributed by atoms with Crippen LogP contribution in [-0.4, -0.2) is 15.1 Å². The van der Waals surface area contributed by atoms with Crippen molar-refractivity contribution in [2.24, 2.45) is 0 Å². The van der Waals surface area contributed by atoms with Crippen LogP contribution in [0.3, 0.4) is 0 Å². The van der Waals surface area contributed by atoms with Crippen molar-refractivity contribution in [3.63, 3.8) is 0 Å². The molecule has 1 aromatic carbocycles. The van der Waals surface area contributed by atoms with Crippen molar-refractivity contribution < 1.29 is 5.11 Å². The number of halogens is 1. The van der Waals surface area contributed by atoms with Crippen LogP contribution in [0.4, 0.5) is 0 Å². The molecule has 1 aromatic heterocycles. The lowest BCUT2D eigenvalue weighted by Gasteiger charge is -2.10. The van der Waals surface area contributed by atoms with E-state index in [0.717, 1.165) is 37.0 Å². The van der Waals surface area contributed by atoms with Gasteiger partial charge in [0.2, 0.25) is 0 Å². The topological polar surface area (TPSA) is 46.0 Å². The number of aliphatic hydroxyl groups is 1. The van der Waals surface area contributed by atoms with Crippen molar-refractivity contribution in [2.45, 2.75) is 43.9 Å². The summed E-state index contributed by atoms with van der Waals surface area (Å²) >= 11 is 5.06. The smallest absolute Gasteiger partial charge is 0.192 e. The van der Waals surface area contributed by atoms with Crippen LogP contribution in [0.25, 0.3) is 0 Å². The van der Waals surface area contributed by atoms with E-state index in [0.29, 0.717) is 0 Å². The molecule has 0 unspecified atom stereocenters. The van der Waals surface area contributed by atoms with Gasteiger partial charge < -0.3 is 5.11 Å². The zero-order chi connectivity index (χ0) is 14.9. The molecular weight excluding hydrogens is 336 g/mol. The van der Waals surface area contributed by atoms with Crippen LogP contribution in [0.1, 0.15) is 35.5 Å². The normalized spacial score (nSPS) is 12.5. The Morgan fingerprint density at radius 2 is 1.75 bits per heavy atom. The second kappa shape index (κ2) is 6.24. The molecule has 0 radical (unpaired) electrons. The molecule has 2 aromatic rings. The van der Waals surface area contributed by atoms with Crippen LogP contribution >= 0.6 is 27.7 Å². The van der Waals surface area contributed by atoms with Gasteiger partial charge in [-0.05, 0) is 78.6 Å². The molecule has 0 aliphatic heterocycles. The van der Waals surface area contributed by atoms with Gasteiger partial charge in [-0.15, -0.1) is 0 Å². The van der Waals surface area contributed by atoms with E-state index >= 15 is 0 Å². The first-order valence-electron chi connectivity index (χ1n) is 6.35. The molecule has 1 atom stereocenters. The third-order valence-corrected chi connectivity index (χ3v) is 5.11. The molecule has 0 saturated carbocycles. The average molecular weight is 353 g/mol. The van der Waals surface area contributed by atoms with E-state index in [2.05, 4.69) is 25.9 Å². The highest BCUT2D eigenvalue weighted by Crippen LogP contribution is 2.33. The molecule has 0 spiro atoms. The van der Waals surface area contributed by atoms with E-state index in [1.165, 1.54) is 11.8 Å². The first-order valence-corrected chi connectivity index (χ1v) is 7.96. The Bertz CT molecular complexity index is 621. The van der Waals surface area contributed by atoms with Crippen LogP contribution in [0.5, 0.6) is 0 Å². The van der Waals surface area contributed by atoms with Crippen molar-refractivity contribution in [3.05, 3.63) is 45.2 Å². The maximum absolute atomic E-state index is 9.58. The van der Waals surface area contributed by atoms with Crippen molar-refractivity contribution in [1.82, 2.24) is 9.97 Å². The fraction of sp³-hybridized carbons (Fsp3) is 0.333. The maximum atomic E-state index is 9.58. The summed E-state index contributed by atoms with van der Waals surface area (Å²) in [4.78, 5) is 10.1. The predicted octanol–water partition coefficient (Wildman–Crippen LogP) is 4.37. The largest absolute Gasteiger partial charge is 0.389 e. The summed E-state index contributed by atoms with van der Waals surface area (Å²) in [5, 5.41) is 10.3. The van der Waals surface area contributed by atoms with Gasteiger partial charge in [0.1, 0.15) is 0 Å². The number of rotatable bonds is 3. The Hall–Kier alpha value is -0.910. The summed E-state index contributed by atoms with van der Waals surface area (Å²) in [5.41, 5.74) is 4.05. The predicted molar refractivity (Wildman–Crippen MR) is 85.1 cm³/mol. The average Bonchev–Trinajstić information content (AvgIpc) is 2.38. The Kier molecular flexibility index (Phi) is 4.83. The fourth-order valence-electron chi connectivity index (χ4n) is 1.75. The molecular formula is C15H17BrN2OS. The number of hydrogen-bond acceptors (Lipinski definition) is 4. The van der Waals surface area contributed by atoms with Crippen molar-refractivity contribution in [3.8, 4) is 0 Å². The second-order valence-corrected chi connectivity index (χ2v) is 6.63. The monoisotopic (exact) mass is 352 g/mol. The summed E-state index contributed by atoms with van der Waals surface area (Å²) in [7, 11) is 0. The Balaban J connectivity index is 2.31. The van der Waals surface area contributed by atoms with Crippen LogP contribution in [-0.2, 0) is 0 Å². The van der Waals surface area contributed by atoms with Gasteiger partial charge in [0, 0.05) is 20.8 Å². The fourth-order valence-corrected chi connectivity index (χ4v) is 3.24. The summed E-state index contributed by atoms with van der Waals surface area (Å²) < 4.78 is 0.945. The lowest BCUT2D eigenvalue weighted by molar-refractivity contribution is 0.199. The zero-order valence-corrected chi connectivity index (χ0v) is 14.3. The summed E-state index contributed by atoms with van der Waals surface area (Å²) in [6.45, 7) is 7.79. The Morgan fingerprint density at radius 3 is 2.25 bits per heavy atom. The van der Waals surface area contributed by atoms with E-state index < -0.39 is 6.10 Å². The van der Waals surface area contributed by atoms with Crippen LogP contribution in [0, 0.1) is 20.8 Å².